The van der Waals surface area contributed by atoms with Gasteiger partial charge in [-0.15, -0.1) is 0 Å². The highest BCUT2D eigenvalue weighted by atomic mass is 35.5. The van der Waals surface area contributed by atoms with E-state index in [4.69, 9.17) is 11.6 Å². The number of carbonyl (C=O) groups excluding carboxylic acids is 1. The quantitative estimate of drug-likeness (QED) is 0.896. The van der Waals surface area contributed by atoms with Crippen molar-refractivity contribution in [2.75, 3.05) is 0 Å². The van der Waals surface area contributed by atoms with Gasteiger partial charge in [-0.05, 0) is 36.1 Å². The smallest absolute Gasteiger partial charge is 0.252 e. The zero-order valence-electron chi connectivity index (χ0n) is 9.31. The van der Waals surface area contributed by atoms with Gasteiger partial charge in [-0.1, -0.05) is 23.7 Å². The van der Waals surface area contributed by atoms with E-state index in [0.717, 1.165) is 5.56 Å². The minimum atomic E-state index is -0.0567. The van der Waals surface area contributed by atoms with Crippen molar-refractivity contribution in [3.63, 3.8) is 0 Å². The van der Waals surface area contributed by atoms with Crippen molar-refractivity contribution < 1.29 is 4.79 Å². The summed E-state index contributed by atoms with van der Waals surface area (Å²) in [6, 6.07) is 9.26. The van der Waals surface area contributed by atoms with Crippen LogP contribution in [0.25, 0.3) is 0 Å². The van der Waals surface area contributed by atoms with Gasteiger partial charge in [-0.25, -0.2) is 0 Å². The van der Waals surface area contributed by atoms with E-state index in [-0.39, 0.29) is 11.9 Å². The molecule has 0 saturated carbocycles. The molecular weight excluding hydrogens is 254 g/mol. The van der Waals surface area contributed by atoms with Crippen molar-refractivity contribution >= 4 is 28.8 Å². The van der Waals surface area contributed by atoms with E-state index in [1.54, 1.807) is 0 Å². The lowest BCUT2D eigenvalue weighted by Crippen LogP contribution is -2.26. The number of hydrogen-bond donors (Lipinski definition) is 1. The molecule has 0 spiro atoms. The molecule has 0 fully saturated rings. The largest absolute Gasteiger partial charge is 0.345 e. The van der Waals surface area contributed by atoms with Crippen molar-refractivity contribution in [2.45, 2.75) is 13.0 Å². The van der Waals surface area contributed by atoms with Gasteiger partial charge in [0, 0.05) is 10.4 Å². The molecule has 1 aromatic heterocycles. The maximum atomic E-state index is 11.8. The monoisotopic (exact) mass is 265 g/mol. The highest BCUT2D eigenvalue weighted by Gasteiger charge is 2.11. The fraction of sp³-hybridized carbons (Fsp3) is 0.154. The molecule has 1 atom stereocenters. The number of rotatable bonds is 3. The molecule has 0 bridgehead atoms. The van der Waals surface area contributed by atoms with Gasteiger partial charge in [-0.3, -0.25) is 4.79 Å². The van der Waals surface area contributed by atoms with Crippen LogP contribution in [-0.4, -0.2) is 5.91 Å². The van der Waals surface area contributed by atoms with Crippen LogP contribution in [0.1, 0.15) is 28.9 Å². The van der Waals surface area contributed by atoms with E-state index in [1.165, 1.54) is 11.3 Å². The number of nitrogens with one attached hydrogen (secondary N) is 1. The second-order valence-corrected chi connectivity index (χ2v) is 4.98. The van der Waals surface area contributed by atoms with Crippen molar-refractivity contribution in [3.05, 3.63) is 57.2 Å². The third-order valence-electron chi connectivity index (χ3n) is 2.48. The first-order valence-corrected chi connectivity index (χ1v) is 6.57. The second kappa shape index (κ2) is 5.34. The summed E-state index contributed by atoms with van der Waals surface area (Å²) in [5, 5.41) is 7.34. The molecule has 1 heterocycles. The van der Waals surface area contributed by atoms with Gasteiger partial charge in [-0.2, -0.15) is 11.3 Å². The molecule has 1 aromatic carbocycles. The molecule has 0 radical (unpaired) electrons. The lowest BCUT2D eigenvalue weighted by molar-refractivity contribution is 0.0940. The molecule has 17 heavy (non-hydrogen) atoms. The van der Waals surface area contributed by atoms with Crippen molar-refractivity contribution in [3.8, 4) is 0 Å². The summed E-state index contributed by atoms with van der Waals surface area (Å²) in [4.78, 5) is 11.8. The van der Waals surface area contributed by atoms with Gasteiger partial charge in [0.25, 0.3) is 5.91 Å². The molecule has 4 heteroatoms. The molecule has 2 rings (SSSR count). The van der Waals surface area contributed by atoms with Gasteiger partial charge in [0.2, 0.25) is 0 Å². The Kier molecular flexibility index (Phi) is 3.82. The van der Waals surface area contributed by atoms with Crippen LogP contribution in [0.4, 0.5) is 0 Å². The Morgan fingerprint density at radius 2 is 2.24 bits per heavy atom. The van der Waals surface area contributed by atoms with Crippen molar-refractivity contribution in [2.24, 2.45) is 0 Å². The summed E-state index contributed by atoms with van der Waals surface area (Å²) in [5.74, 6) is -0.0567. The van der Waals surface area contributed by atoms with Crippen LogP contribution < -0.4 is 5.32 Å². The third kappa shape index (κ3) is 3.08. The Morgan fingerprint density at radius 3 is 2.88 bits per heavy atom. The number of amides is 1. The number of carbonyl (C=O) groups is 1. The molecule has 2 aromatic rings. The molecule has 2 nitrogen and oxygen atoms in total. The molecule has 0 aliphatic heterocycles. The van der Waals surface area contributed by atoms with E-state index >= 15 is 0 Å². The first kappa shape index (κ1) is 12.1. The molecule has 0 saturated heterocycles. The summed E-state index contributed by atoms with van der Waals surface area (Å²) < 4.78 is 0. The van der Waals surface area contributed by atoms with Gasteiger partial charge in [0.05, 0.1) is 11.6 Å². The highest BCUT2D eigenvalue weighted by Crippen LogP contribution is 2.18. The van der Waals surface area contributed by atoms with Gasteiger partial charge in [0.15, 0.2) is 0 Å². The summed E-state index contributed by atoms with van der Waals surface area (Å²) in [6.07, 6.45) is 0. The van der Waals surface area contributed by atoms with Crippen molar-refractivity contribution in [1.29, 1.82) is 0 Å². The second-order valence-electron chi connectivity index (χ2n) is 3.76. The fourth-order valence-electron chi connectivity index (χ4n) is 1.53. The summed E-state index contributed by atoms with van der Waals surface area (Å²) in [5.41, 5.74) is 1.70. The number of halogens is 1. The first-order valence-electron chi connectivity index (χ1n) is 5.25. The minimum Gasteiger partial charge on any atom is -0.345 e. The third-order valence-corrected chi connectivity index (χ3v) is 3.40. The zero-order valence-corrected chi connectivity index (χ0v) is 10.9. The maximum absolute atomic E-state index is 11.8. The SMILES string of the molecule is CC(NC(=O)c1ccsc1)c1cccc(Cl)c1. The highest BCUT2D eigenvalue weighted by molar-refractivity contribution is 7.08. The fourth-order valence-corrected chi connectivity index (χ4v) is 2.37. The van der Waals surface area contributed by atoms with E-state index in [1.807, 2.05) is 48.0 Å². The Labute approximate surface area is 109 Å². The van der Waals surface area contributed by atoms with Gasteiger partial charge < -0.3 is 5.32 Å². The minimum absolute atomic E-state index is 0.0545. The van der Waals surface area contributed by atoms with Crippen LogP contribution in [0, 0.1) is 0 Å². The van der Waals surface area contributed by atoms with Crippen LogP contribution in [0.5, 0.6) is 0 Å². The van der Waals surface area contributed by atoms with Crippen LogP contribution in [0.3, 0.4) is 0 Å². The van der Waals surface area contributed by atoms with Crippen LogP contribution >= 0.6 is 22.9 Å². The molecule has 88 valence electrons. The van der Waals surface area contributed by atoms with E-state index in [0.29, 0.717) is 10.6 Å². The Hall–Kier alpha value is -1.32. The topological polar surface area (TPSA) is 29.1 Å². The molecule has 1 unspecified atom stereocenters. The lowest BCUT2D eigenvalue weighted by atomic mass is 10.1. The number of benzene rings is 1. The van der Waals surface area contributed by atoms with Crippen LogP contribution in [-0.2, 0) is 0 Å². The first-order chi connectivity index (χ1) is 8.16. The predicted octanol–water partition coefficient (Wildman–Crippen LogP) is 3.89. The normalized spacial score (nSPS) is 12.1. The molecule has 0 aliphatic carbocycles. The Bertz CT molecular complexity index is 510. The summed E-state index contributed by atoms with van der Waals surface area (Å²) >= 11 is 7.43. The maximum Gasteiger partial charge on any atom is 0.252 e. The molecule has 1 N–H and O–H groups in total. The lowest BCUT2D eigenvalue weighted by Gasteiger charge is -2.14. The Morgan fingerprint density at radius 1 is 1.41 bits per heavy atom. The standard InChI is InChI=1S/C13H12ClNOS/c1-9(10-3-2-4-12(14)7-10)15-13(16)11-5-6-17-8-11/h2-9H,1H3,(H,15,16). The van der Waals surface area contributed by atoms with Crippen molar-refractivity contribution in [1.82, 2.24) is 5.32 Å². The van der Waals surface area contributed by atoms with Crippen LogP contribution in [0.15, 0.2) is 41.1 Å². The average molecular weight is 266 g/mol. The van der Waals surface area contributed by atoms with E-state index in [9.17, 15) is 4.79 Å². The molecular formula is C13H12ClNOS. The average Bonchev–Trinajstić information content (AvgIpc) is 2.82. The predicted molar refractivity (Wildman–Crippen MR) is 71.7 cm³/mol. The summed E-state index contributed by atoms with van der Waals surface area (Å²) in [7, 11) is 0. The Balaban J connectivity index is 2.07. The number of hydrogen-bond acceptors (Lipinski definition) is 2. The summed E-state index contributed by atoms with van der Waals surface area (Å²) in [6.45, 7) is 1.94. The number of thiophene rings is 1. The molecule has 0 aliphatic rings. The van der Waals surface area contributed by atoms with Gasteiger partial charge >= 0.3 is 0 Å². The van der Waals surface area contributed by atoms with E-state index < -0.39 is 0 Å². The zero-order chi connectivity index (χ0) is 12.3. The van der Waals surface area contributed by atoms with Gasteiger partial charge in [0.1, 0.15) is 0 Å². The van der Waals surface area contributed by atoms with E-state index in [2.05, 4.69) is 5.32 Å². The molecule has 1 amide bonds. The van der Waals surface area contributed by atoms with Crippen LogP contribution in [0.2, 0.25) is 5.02 Å².